The lowest BCUT2D eigenvalue weighted by Gasteiger charge is -2.35. The zero-order valence-electron chi connectivity index (χ0n) is 17.1. The third-order valence-corrected chi connectivity index (χ3v) is 5.16. The van der Waals surface area contributed by atoms with Crippen molar-refractivity contribution in [2.45, 2.75) is 5.92 Å². The van der Waals surface area contributed by atoms with Gasteiger partial charge in [-0.15, -0.1) is 0 Å². The molecule has 2 amide bonds. The normalized spacial score (nSPS) is 16.7. The molecule has 0 spiro atoms. The average Bonchev–Trinajstić information content (AvgIpc) is 2.73. The van der Waals surface area contributed by atoms with E-state index in [9.17, 15) is 13.6 Å². The second-order valence-corrected chi connectivity index (χ2v) is 7.72. The molecule has 0 saturated heterocycles. The highest BCUT2D eigenvalue weighted by Crippen LogP contribution is 2.31. The highest BCUT2D eigenvalue weighted by atomic mass is 19.1. The van der Waals surface area contributed by atoms with Gasteiger partial charge in [0.05, 0.1) is 0 Å². The Morgan fingerprint density at radius 3 is 2.48 bits per heavy atom. The minimum absolute atomic E-state index is 0.0891. The Labute approximate surface area is 171 Å². The monoisotopic (exact) mass is 399 g/mol. The van der Waals surface area contributed by atoms with Gasteiger partial charge in [-0.05, 0) is 43.4 Å². The summed E-state index contributed by atoms with van der Waals surface area (Å²) in [5.41, 5.74) is 1.87. The molecular weight excluding hydrogens is 372 g/mol. The van der Waals surface area contributed by atoms with Crippen LogP contribution in [-0.4, -0.2) is 68.1 Å². The first-order valence-corrected chi connectivity index (χ1v) is 9.71. The second kappa shape index (κ2) is 9.18. The van der Waals surface area contributed by atoms with Crippen LogP contribution in [0.5, 0.6) is 0 Å². The Bertz CT molecular complexity index is 883. The van der Waals surface area contributed by atoms with Crippen LogP contribution in [0.1, 0.15) is 17.0 Å². The Morgan fingerprint density at radius 2 is 1.79 bits per heavy atom. The highest BCUT2D eigenvalue weighted by Gasteiger charge is 2.28. The van der Waals surface area contributed by atoms with E-state index in [0.717, 1.165) is 24.2 Å². The largest absolute Gasteiger partial charge is 0.326 e. The molecule has 0 aliphatic carbocycles. The van der Waals surface area contributed by atoms with Crippen molar-refractivity contribution >= 4 is 11.6 Å². The van der Waals surface area contributed by atoms with E-state index in [0.29, 0.717) is 18.7 Å². The number of rotatable bonds is 5. The topological polar surface area (TPSA) is 26.8 Å². The molecule has 29 heavy (non-hydrogen) atoms. The van der Waals surface area contributed by atoms with Crippen LogP contribution in [0.4, 0.5) is 13.6 Å². The number of carbonyl (C=O) groups is 1. The van der Waals surface area contributed by atoms with Crippen LogP contribution >= 0.6 is 0 Å². The number of urea groups is 1. The predicted molar refractivity (Wildman–Crippen MR) is 112 cm³/mol. The SMILES string of the molecule is CN(C)CCN(C)C(=O)N1CC(c2cc(F)ccc2F)=CC(c2ccccc2)C1. The molecule has 2 aromatic carbocycles. The summed E-state index contributed by atoms with van der Waals surface area (Å²) < 4.78 is 28.2. The van der Waals surface area contributed by atoms with Crippen molar-refractivity contribution in [3.05, 3.63) is 77.4 Å². The van der Waals surface area contributed by atoms with Gasteiger partial charge in [-0.1, -0.05) is 36.4 Å². The van der Waals surface area contributed by atoms with Crippen LogP contribution in [0.3, 0.4) is 0 Å². The second-order valence-electron chi connectivity index (χ2n) is 7.72. The molecule has 1 aliphatic heterocycles. The minimum atomic E-state index is -0.495. The Morgan fingerprint density at radius 1 is 1.07 bits per heavy atom. The van der Waals surface area contributed by atoms with E-state index in [1.165, 1.54) is 6.07 Å². The van der Waals surface area contributed by atoms with Crippen molar-refractivity contribution in [1.29, 1.82) is 0 Å². The van der Waals surface area contributed by atoms with Gasteiger partial charge in [0.1, 0.15) is 11.6 Å². The predicted octanol–water partition coefficient (Wildman–Crippen LogP) is 4.06. The maximum atomic E-state index is 14.5. The van der Waals surface area contributed by atoms with Crippen molar-refractivity contribution < 1.29 is 13.6 Å². The molecule has 0 saturated carbocycles. The van der Waals surface area contributed by atoms with Gasteiger partial charge in [0.2, 0.25) is 0 Å². The van der Waals surface area contributed by atoms with E-state index in [2.05, 4.69) is 0 Å². The van der Waals surface area contributed by atoms with Gasteiger partial charge in [0.25, 0.3) is 0 Å². The standard InChI is InChI=1S/C23H27F2N3O/c1-26(2)11-12-27(3)23(29)28-15-18(17-7-5-4-6-8-17)13-19(16-28)21-14-20(24)9-10-22(21)25/h4-10,13-14,18H,11-12,15-16H2,1-3H3. The molecule has 1 unspecified atom stereocenters. The number of likely N-dealkylation sites (N-methyl/N-ethyl adjacent to an activating group) is 2. The first kappa shape index (κ1) is 21.0. The first-order valence-electron chi connectivity index (χ1n) is 9.71. The number of amides is 2. The van der Waals surface area contributed by atoms with Crippen LogP contribution in [0.25, 0.3) is 5.57 Å². The highest BCUT2D eigenvalue weighted by molar-refractivity contribution is 5.79. The van der Waals surface area contributed by atoms with E-state index < -0.39 is 11.6 Å². The summed E-state index contributed by atoms with van der Waals surface area (Å²) in [7, 11) is 5.68. The van der Waals surface area contributed by atoms with Gasteiger partial charge >= 0.3 is 6.03 Å². The molecule has 1 heterocycles. The summed E-state index contributed by atoms with van der Waals surface area (Å²) in [6, 6.07) is 13.1. The number of hydrogen-bond acceptors (Lipinski definition) is 2. The summed E-state index contributed by atoms with van der Waals surface area (Å²) in [4.78, 5) is 18.5. The molecule has 6 heteroatoms. The van der Waals surface area contributed by atoms with Crippen LogP contribution in [0.2, 0.25) is 0 Å². The quantitative estimate of drug-likeness (QED) is 0.758. The molecule has 0 fully saturated rings. The number of nitrogens with zero attached hydrogens (tertiary/aromatic N) is 3. The fraction of sp³-hybridized carbons (Fsp3) is 0.348. The summed E-state index contributed by atoms with van der Waals surface area (Å²) in [5, 5.41) is 0. The lowest BCUT2D eigenvalue weighted by Crippen LogP contribution is -2.46. The lowest BCUT2D eigenvalue weighted by molar-refractivity contribution is 0.162. The molecule has 4 nitrogen and oxygen atoms in total. The Hall–Kier alpha value is -2.73. The van der Waals surface area contributed by atoms with Crippen molar-refractivity contribution in [2.24, 2.45) is 0 Å². The summed E-state index contributed by atoms with van der Waals surface area (Å²) in [5.74, 6) is -1.07. The van der Waals surface area contributed by atoms with Crippen molar-refractivity contribution in [3.8, 4) is 0 Å². The molecule has 0 N–H and O–H groups in total. The molecule has 0 bridgehead atoms. The molecule has 0 radical (unpaired) electrons. The van der Waals surface area contributed by atoms with E-state index in [1.807, 2.05) is 55.4 Å². The molecule has 3 rings (SSSR count). The van der Waals surface area contributed by atoms with Crippen LogP contribution in [0, 0.1) is 11.6 Å². The van der Waals surface area contributed by atoms with Gasteiger partial charge in [-0.25, -0.2) is 13.6 Å². The summed E-state index contributed by atoms with van der Waals surface area (Å²) in [6.07, 6.45) is 1.96. The van der Waals surface area contributed by atoms with Gasteiger partial charge in [0, 0.05) is 44.7 Å². The zero-order chi connectivity index (χ0) is 21.0. The smallest absolute Gasteiger partial charge is 0.320 e. The number of halogens is 2. The van der Waals surface area contributed by atoms with Gasteiger partial charge in [0.15, 0.2) is 0 Å². The zero-order valence-corrected chi connectivity index (χ0v) is 17.1. The van der Waals surface area contributed by atoms with Crippen molar-refractivity contribution in [1.82, 2.24) is 14.7 Å². The molecule has 2 aromatic rings. The molecule has 1 atom stereocenters. The van der Waals surface area contributed by atoms with E-state index in [1.54, 1.807) is 16.8 Å². The first-order chi connectivity index (χ1) is 13.8. The lowest BCUT2D eigenvalue weighted by atomic mass is 9.90. The third kappa shape index (κ3) is 5.21. The van der Waals surface area contributed by atoms with Crippen LogP contribution in [-0.2, 0) is 0 Å². The Balaban J connectivity index is 1.91. The van der Waals surface area contributed by atoms with Crippen molar-refractivity contribution in [2.75, 3.05) is 47.3 Å². The number of hydrogen-bond donors (Lipinski definition) is 0. The van der Waals surface area contributed by atoms with Gasteiger partial charge < -0.3 is 14.7 Å². The summed E-state index contributed by atoms with van der Waals surface area (Å²) in [6.45, 7) is 2.08. The van der Waals surface area contributed by atoms with E-state index in [4.69, 9.17) is 0 Å². The number of carbonyl (C=O) groups excluding carboxylic acids is 1. The Kier molecular flexibility index (Phi) is 6.64. The minimum Gasteiger partial charge on any atom is -0.326 e. The maximum Gasteiger partial charge on any atom is 0.320 e. The average molecular weight is 399 g/mol. The van der Waals surface area contributed by atoms with E-state index in [-0.39, 0.29) is 24.1 Å². The molecule has 154 valence electrons. The summed E-state index contributed by atoms with van der Waals surface area (Å²) >= 11 is 0. The number of benzene rings is 2. The molecule has 1 aliphatic rings. The van der Waals surface area contributed by atoms with Crippen LogP contribution < -0.4 is 0 Å². The fourth-order valence-electron chi connectivity index (χ4n) is 3.51. The van der Waals surface area contributed by atoms with E-state index >= 15 is 0 Å². The fourth-order valence-corrected chi connectivity index (χ4v) is 3.51. The van der Waals surface area contributed by atoms with Gasteiger partial charge in [-0.3, -0.25) is 0 Å². The van der Waals surface area contributed by atoms with Crippen LogP contribution in [0.15, 0.2) is 54.6 Å². The third-order valence-electron chi connectivity index (χ3n) is 5.16. The van der Waals surface area contributed by atoms with Gasteiger partial charge in [-0.2, -0.15) is 0 Å². The van der Waals surface area contributed by atoms with Crippen molar-refractivity contribution in [3.63, 3.8) is 0 Å². The molecule has 0 aromatic heterocycles. The molecular formula is C23H27F2N3O. The maximum absolute atomic E-state index is 14.5.